The van der Waals surface area contributed by atoms with Crippen molar-refractivity contribution < 1.29 is 14.3 Å². The van der Waals surface area contributed by atoms with Crippen molar-refractivity contribution in [2.24, 2.45) is 0 Å². The summed E-state index contributed by atoms with van der Waals surface area (Å²) in [5.74, 6) is -0.662. The lowest BCUT2D eigenvalue weighted by Crippen LogP contribution is -2.05. The summed E-state index contributed by atoms with van der Waals surface area (Å²) in [5, 5.41) is 8.78. The Labute approximate surface area is 93.5 Å². The molecule has 1 aromatic rings. The highest BCUT2D eigenvalue weighted by atomic mass is 16.5. The maximum Gasteiger partial charge on any atom is 0.337 e. The van der Waals surface area contributed by atoms with Crippen LogP contribution in [0, 0.1) is 11.3 Å². The van der Waals surface area contributed by atoms with Crippen molar-refractivity contribution in [1.29, 1.82) is 5.26 Å². The molecule has 0 unspecified atom stereocenters. The number of ether oxygens (including phenoxy) is 1. The largest absolute Gasteiger partial charge is 0.465 e. The highest BCUT2D eigenvalue weighted by Crippen LogP contribution is 2.12. The summed E-state index contributed by atoms with van der Waals surface area (Å²) in [4.78, 5) is 22.8. The van der Waals surface area contributed by atoms with Crippen LogP contribution >= 0.6 is 0 Å². The average molecular weight is 217 g/mol. The summed E-state index contributed by atoms with van der Waals surface area (Å²) in [6.45, 7) is 1.72. The normalized spacial score (nSPS) is 9.31. The van der Waals surface area contributed by atoms with E-state index in [1.54, 1.807) is 6.92 Å². The monoisotopic (exact) mass is 217 g/mol. The summed E-state index contributed by atoms with van der Waals surface area (Å²) in [5.41, 5.74) is 0.861. The molecule has 82 valence electrons. The number of methoxy groups -OCH3 is 1. The maximum atomic E-state index is 11.5. The number of benzene rings is 1. The molecule has 4 heteroatoms. The minimum atomic E-state index is -0.553. The van der Waals surface area contributed by atoms with Crippen molar-refractivity contribution >= 4 is 11.8 Å². The third-order valence-electron chi connectivity index (χ3n) is 2.13. The van der Waals surface area contributed by atoms with Gasteiger partial charge in [-0.3, -0.25) is 4.79 Å². The molecule has 0 bridgehead atoms. The summed E-state index contributed by atoms with van der Waals surface area (Å²) in [6, 6.07) is 6.22. The molecule has 0 spiro atoms. The van der Waals surface area contributed by atoms with Gasteiger partial charge in [-0.1, -0.05) is 6.92 Å². The Kier molecular flexibility index (Phi) is 3.78. The molecule has 0 aromatic heterocycles. The molecule has 0 saturated heterocycles. The van der Waals surface area contributed by atoms with Crippen LogP contribution < -0.4 is 0 Å². The Bertz CT molecular complexity index is 437. The Hall–Kier alpha value is -2.15. The number of carbonyl (C=O) groups excluding carboxylic acids is 2. The van der Waals surface area contributed by atoms with E-state index in [1.165, 1.54) is 25.3 Å². The molecule has 0 saturated carbocycles. The third kappa shape index (κ3) is 2.45. The first kappa shape index (κ1) is 11.9. The van der Waals surface area contributed by atoms with Crippen LogP contribution in [0.5, 0.6) is 0 Å². The number of esters is 1. The number of nitrogens with zero attached hydrogens (tertiary/aromatic N) is 1. The molecule has 0 radical (unpaired) electrons. The smallest absolute Gasteiger partial charge is 0.337 e. The van der Waals surface area contributed by atoms with Crippen molar-refractivity contribution in [2.45, 2.75) is 13.3 Å². The summed E-state index contributed by atoms with van der Waals surface area (Å²) < 4.78 is 4.54. The second kappa shape index (κ2) is 5.08. The van der Waals surface area contributed by atoms with Gasteiger partial charge in [-0.15, -0.1) is 0 Å². The van der Waals surface area contributed by atoms with Gasteiger partial charge in [0.05, 0.1) is 24.3 Å². The highest BCUT2D eigenvalue weighted by Gasteiger charge is 2.12. The quantitative estimate of drug-likeness (QED) is 0.573. The van der Waals surface area contributed by atoms with Gasteiger partial charge in [-0.2, -0.15) is 5.26 Å². The van der Waals surface area contributed by atoms with E-state index >= 15 is 0 Å². The molecule has 0 aliphatic carbocycles. The average Bonchev–Trinajstić information content (AvgIpc) is 2.35. The topological polar surface area (TPSA) is 67.2 Å². The van der Waals surface area contributed by atoms with E-state index in [9.17, 15) is 9.59 Å². The van der Waals surface area contributed by atoms with Gasteiger partial charge in [0.25, 0.3) is 0 Å². The highest BCUT2D eigenvalue weighted by molar-refractivity contribution is 5.99. The van der Waals surface area contributed by atoms with Crippen LogP contribution in [0.15, 0.2) is 18.2 Å². The van der Waals surface area contributed by atoms with Gasteiger partial charge in [-0.05, 0) is 18.2 Å². The van der Waals surface area contributed by atoms with Crippen LogP contribution in [0.1, 0.15) is 39.6 Å². The van der Waals surface area contributed by atoms with E-state index in [2.05, 4.69) is 4.74 Å². The van der Waals surface area contributed by atoms with Gasteiger partial charge < -0.3 is 4.74 Å². The molecule has 0 heterocycles. The van der Waals surface area contributed by atoms with E-state index in [4.69, 9.17) is 5.26 Å². The van der Waals surface area contributed by atoms with Crippen molar-refractivity contribution in [3.05, 3.63) is 34.9 Å². The van der Waals surface area contributed by atoms with Gasteiger partial charge in [0.15, 0.2) is 5.78 Å². The first-order valence-electron chi connectivity index (χ1n) is 4.79. The lowest BCUT2D eigenvalue weighted by Gasteiger charge is -2.03. The van der Waals surface area contributed by atoms with Crippen LogP contribution in [-0.2, 0) is 4.74 Å². The Morgan fingerprint density at radius 2 is 1.94 bits per heavy atom. The van der Waals surface area contributed by atoms with E-state index < -0.39 is 5.97 Å². The van der Waals surface area contributed by atoms with Crippen LogP contribution in [0.3, 0.4) is 0 Å². The molecular formula is C12H11NO3. The Balaban J connectivity index is 3.27. The van der Waals surface area contributed by atoms with Crippen molar-refractivity contribution in [3.8, 4) is 6.07 Å². The van der Waals surface area contributed by atoms with Crippen LogP contribution in [0.4, 0.5) is 0 Å². The fourth-order valence-electron chi connectivity index (χ4n) is 1.29. The number of hydrogen-bond acceptors (Lipinski definition) is 4. The van der Waals surface area contributed by atoms with Gasteiger partial charge in [0.1, 0.15) is 0 Å². The molecule has 4 nitrogen and oxygen atoms in total. The van der Waals surface area contributed by atoms with E-state index in [1.807, 2.05) is 6.07 Å². The molecular weight excluding hydrogens is 206 g/mol. The van der Waals surface area contributed by atoms with E-state index in [-0.39, 0.29) is 16.9 Å². The Morgan fingerprint density at radius 3 is 2.44 bits per heavy atom. The number of rotatable bonds is 3. The molecule has 16 heavy (non-hydrogen) atoms. The zero-order chi connectivity index (χ0) is 12.1. The van der Waals surface area contributed by atoms with Gasteiger partial charge in [0, 0.05) is 12.0 Å². The molecule has 0 amide bonds. The summed E-state index contributed by atoms with van der Waals surface area (Å²) >= 11 is 0. The molecule has 0 aliphatic rings. The zero-order valence-electron chi connectivity index (χ0n) is 9.11. The fourth-order valence-corrected chi connectivity index (χ4v) is 1.29. The predicted octanol–water partition coefficient (Wildman–Crippen LogP) is 1.94. The number of ketones is 1. The fraction of sp³-hybridized carbons (Fsp3) is 0.250. The molecule has 0 aliphatic heterocycles. The van der Waals surface area contributed by atoms with Gasteiger partial charge >= 0.3 is 5.97 Å². The van der Waals surface area contributed by atoms with Crippen LogP contribution in [0.25, 0.3) is 0 Å². The molecule has 1 rings (SSSR count). The molecule has 0 atom stereocenters. The minimum Gasteiger partial charge on any atom is -0.465 e. The van der Waals surface area contributed by atoms with Gasteiger partial charge in [0.2, 0.25) is 0 Å². The van der Waals surface area contributed by atoms with Crippen molar-refractivity contribution in [1.82, 2.24) is 0 Å². The molecule has 1 aromatic carbocycles. The predicted molar refractivity (Wildman–Crippen MR) is 57.1 cm³/mol. The Morgan fingerprint density at radius 1 is 1.31 bits per heavy atom. The van der Waals surface area contributed by atoms with Gasteiger partial charge in [-0.25, -0.2) is 4.79 Å². The number of Topliss-reactive ketones (excluding diaryl/α,β-unsaturated/α-hetero) is 1. The zero-order valence-corrected chi connectivity index (χ0v) is 9.11. The van der Waals surface area contributed by atoms with Crippen LogP contribution in [-0.4, -0.2) is 18.9 Å². The summed E-state index contributed by atoms with van der Waals surface area (Å²) in [7, 11) is 1.25. The third-order valence-corrected chi connectivity index (χ3v) is 2.13. The van der Waals surface area contributed by atoms with E-state index in [0.717, 1.165) is 0 Å². The number of nitriles is 1. The molecule has 0 N–H and O–H groups in total. The SMILES string of the molecule is CCC(=O)c1cc(C#N)cc(C(=O)OC)c1. The lowest BCUT2D eigenvalue weighted by atomic mass is 10.0. The second-order valence-electron chi connectivity index (χ2n) is 3.18. The lowest BCUT2D eigenvalue weighted by molar-refractivity contribution is 0.0600. The first-order chi connectivity index (χ1) is 7.62. The van der Waals surface area contributed by atoms with Crippen molar-refractivity contribution in [3.63, 3.8) is 0 Å². The second-order valence-corrected chi connectivity index (χ2v) is 3.18. The first-order valence-corrected chi connectivity index (χ1v) is 4.79. The van der Waals surface area contributed by atoms with Crippen molar-refractivity contribution in [2.75, 3.05) is 7.11 Å². The number of hydrogen-bond donors (Lipinski definition) is 0. The summed E-state index contributed by atoms with van der Waals surface area (Å²) in [6.07, 6.45) is 0.329. The minimum absolute atomic E-state index is 0.109. The standard InChI is InChI=1S/C12H11NO3/c1-3-11(14)9-4-8(7-13)5-10(6-9)12(15)16-2/h4-6H,3H2,1-2H3. The van der Waals surface area contributed by atoms with Crippen LogP contribution in [0.2, 0.25) is 0 Å². The number of carbonyl (C=O) groups is 2. The molecule has 0 fully saturated rings. The maximum absolute atomic E-state index is 11.5. The van der Waals surface area contributed by atoms with E-state index in [0.29, 0.717) is 12.0 Å².